The Hall–Kier alpha value is -3.39. The van der Waals surface area contributed by atoms with Crippen molar-refractivity contribution in [3.8, 4) is 11.6 Å². The molecule has 4 aromatic rings. The second kappa shape index (κ2) is 7.88. The number of fused-ring (bicyclic) bond motifs is 1. The fraction of sp³-hybridized carbons (Fsp3) is 0.111. The minimum absolute atomic E-state index is 0.150. The lowest BCUT2D eigenvalue weighted by Crippen LogP contribution is -2.08. The third-order valence-corrected chi connectivity index (χ3v) is 3.90. The van der Waals surface area contributed by atoms with Crippen LogP contribution in [-0.4, -0.2) is 36.4 Å². The third-order valence-electron chi connectivity index (χ3n) is 3.72. The molecule has 9 heteroatoms. The Morgan fingerprint density at radius 2 is 1.74 bits per heavy atom. The smallest absolute Gasteiger partial charge is 0.225 e. The molecule has 0 unspecified atom stereocenters. The summed E-state index contributed by atoms with van der Waals surface area (Å²) in [4.78, 5) is 24.6. The van der Waals surface area contributed by atoms with Crippen molar-refractivity contribution in [2.24, 2.45) is 0 Å². The van der Waals surface area contributed by atoms with Crippen LogP contribution in [0.2, 0.25) is 5.28 Å². The van der Waals surface area contributed by atoms with Gasteiger partial charge in [0, 0.05) is 31.2 Å². The largest absolute Gasteiger partial charge is 0.439 e. The van der Waals surface area contributed by atoms with Crippen LogP contribution in [-0.2, 0) is 6.42 Å². The zero-order valence-electron chi connectivity index (χ0n) is 14.1. The predicted octanol–water partition coefficient (Wildman–Crippen LogP) is 3.31. The van der Waals surface area contributed by atoms with E-state index in [1.54, 1.807) is 24.7 Å². The van der Waals surface area contributed by atoms with Crippen LogP contribution in [0.25, 0.3) is 11.2 Å². The number of rotatable bonds is 6. The van der Waals surface area contributed by atoms with Gasteiger partial charge < -0.3 is 10.1 Å². The molecule has 0 aliphatic rings. The molecular weight excluding hydrogens is 366 g/mol. The topological polar surface area (TPSA) is 98.6 Å². The number of nitrogens with one attached hydrogen (secondary N) is 1. The summed E-state index contributed by atoms with van der Waals surface area (Å²) < 4.78 is 5.65. The van der Waals surface area contributed by atoms with Gasteiger partial charge in [-0.2, -0.15) is 4.98 Å². The highest BCUT2D eigenvalue weighted by molar-refractivity contribution is 6.28. The summed E-state index contributed by atoms with van der Waals surface area (Å²) in [6.45, 7) is 0.699. The molecule has 0 saturated heterocycles. The van der Waals surface area contributed by atoms with Gasteiger partial charge in [0.1, 0.15) is 17.6 Å². The summed E-state index contributed by atoms with van der Waals surface area (Å²) in [6, 6.07) is 9.42. The highest BCUT2D eigenvalue weighted by Crippen LogP contribution is 2.20. The zero-order valence-corrected chi connectivity index (χ0v) is 14.8. The van der Waals surface area contributed by atoms with Gasteiger partial charge in [0.15, 0.2) is 11.5 Å². The SMILES string of the molecule is Clc1nccc(Oc2ccc(CCNc3ncnc4nccnc34)cc2)n1. The minimum Gasteiger partial charge on any atom is -0.439 e. The Bertz CT molecular complexity index is 1050. The second-order valence-electron chi connectivity index (χ2n) is 5.54. The maximum Gasteiger partial charge on any atom is 0.225 e. The Balaban J connectivity index is 1.36. The van der Waals surface area contributed by atoms with Crippen molar-refractivity contribution < 1.29 is 4.74 Å². The standard InChI is InChI=1S/C18H14ClN7O/c19-18-23-8-6-14(26-18)27-13-3-1-12(2-4-13)5-7-21-16-15-17(25-11-24-16)22-10-9-20-15/h1-4,6,8-11H,5,7H2,(H,21,22,24,25). The molecule has 0 aliphatic heterocycles. The average Bonchev–Trinajstić information content (AvgIpc) is 2.70. The molecule has 0 spiro atoms. The number of aromatic nitrogens is 6. The number of hydrogen-bond donors (Lipinski definition) is 1. The Kier molecular flexibility index (Phi) is 4.97. The van der Waals surface area contributed by atoms with E-state index in [-0.39, 0.29) is 5.28 Å². The van der Waals surface area contributed by atoms with Gasteiger partial charge in [-0.3, -0.25) is 0 Å². The first-order chi connectivity index (χ1) is 13.3. The molecule has 8 nitrogen and oxygen atoms in total. The van der Waals surface area contributed by atoms with Crippen molar-refractivity contribution in [3.05, 3.63) is 66.1 Å². The van der Waals surface area contributed by atoms with Gasteiger partial charge in [-0.1, -0.05) is 12.1 Å². The molecule has 0 radical (unpaired) electrons. The van der Waals surface area contributed by atoms with Crippen LogP contribution in [0.15, 0.2) is 55.2 Å². The zero-order chi connectivity index (χ0) is 18.5. The summed E-state index contributed by atoms with van der Waals surface area (Å²) in [7, 11) is 0. The fourth-order valence-electron chi connectivity index (χ4n) is 2.47. The number of ether oxygens (including phenoxy) is 1. The van der Waals surface area contributed by atoms with Gasteiger partial charge in [0.25, 0.3) is 0 Å². The fourth-order valence-corrected chi connectivity index (χ4v) is 2.61. The van der Waals surface area contributed by atoms with E-state index in [9.17, 15) is 0 Å². The summed E-state index contributed by atoms with van der Waals surface area (Å²) in [5, 5.41) is 3.43. The maximum absolute atomic E-state index is 5.75. The monoisotopic (exact) mass is 379 g/mol. The van der Waals surface area contributed by atoms with Crippen LogP contribution in [0, 0.1) is 0 Å². The number of benzene rings is 1. The molecule has 0 bridgehead atoms. The van der Waals surface area contributed by atoms with Crippen molar-refractivity contribution in [1.82, 2.24) is 29.9 Å². The minimum atomic E-state index is 0.150. The third kappa shape index (κ3) is 4.24. The summed E-state index contributed by atoms with van der Waals surface area (Å²) in [5.74, 6) is 1.76. The van der Waals surface area contributed by atoms with Crippen LogP contribution >= 0.6 is 11.6 Å². The second-order valence-corrected chi connectivity index (χ2v) is 5.88. The van der Waals surface area contributed by atoms with Crippen molar-refractivity contribution in [2.75, 3.05) is 11.9 Å². The lowest BCUT2D eigenvalue weighted by atomic mass is 10.1. The molecule has 0 fully saturated rings. The summed E-state index contributed by atoms with van der Waals surface area (Å²) >= 11 is 5.75. The molecule has 134 valence electrons. The number of hydrogen-bond acceptors (Lipinski definition) is 8. The van der Waals surface area contributed by atoms with Crippen LogP contribution in [0.3, 0.4) is 0 Å². The van der Waals surface area contributed by atoms with E-state index in [0.717, 1.165) is 12.0 Å². The van der Waals surface area contributed by atoms with E-state index >= 15 is 0 Å². The normalized spacial score (nSPS) is 10.7. The Labute approximate surface area is 159 Å². The van der Waals surface area contributed by atoms with Gasteiger partial charge in [-0.15, -0.1) is 0 Å². The van der Waals surface area contributed by atoms with E-state index in [1.807, 2.05) is 24.3 Å². The molecule has 3 aromatic heterocycles. The first-order valence-corrected chi connectivity index (χ1v) is 8.57. The molecule has 3 heterocycles. The lowest BCUT2D eigenvalue weighted by molar-refractivity contribution is 0.461. The van der Waals surface area contributed by atoms with Crippen LogP contribution in [0.5, 0.6) is 11.6 Å². The average molecular weight is 380 g/mol. The molecule has 0 saturated carbocycles. The molecule has 4 rings (SSSR count). The van der Waals surface area contributed by atoms with Gasteiger partial charge >= 0.3 is 0 Å². The van der Waals surface area contributed by atoms with E-state index in [4.69, 9.17) is 16.3 Å². The molecule has 0 atom stereocenters. The number of halogens is 1. The van der Waals surface area contributed by atoms with Gasteiger partial charge in [-0.05, 0) is 35.7 Å². The summed E-state index contributed by atoms with van der Waals surface area (Å²) in [6.07, 6.45) is 7.07. The first-order valence-electron chi connectivity index (χ1n) is 8.19. The van der Waals surface area contributed by atoms with Gasteiger partial charge in [0.2, 0.25) is 11.2 Å². The molecule has 1 N–H and O–H groups in total. The van der Waals surface area contributed by atoms with Crippen LogP contribution in [0.4, 0.5) is 5.82 Å². The lowest BCUT2D eigenvalue weighted by Gasteiger charge is -2.08. The van der Waals surface area contributed by atoms with E-state index < -0.39 is 0 Å². The maximum atomic E-state index is 5.75. The number of anilines is 1. The van der Waals surface area contributed by atoms with Crippen molar-refractivity contribution in [2.45, 2.75) is 6.42 Å². The van der Waals surface area contributed by atoms with Crippen molar-refractivity contribution >= 4 is 28.6 Å². The molecular formula is C18H14ClN7O. The molecule has 0 aliphatic carbocycles. The molecule has 1 aromatic carbocycles. The van der Waals surface area contributed by atoms with Crippen LogP contribution in [0.1, 0.15) is 5.56 Å². The summed E-state index contributed by atoms with van der Waals surface area (Å²) in [5.41, 5.74) is 2.38. The van der Waals surface area contributed by atoms with Gasteiger partial charge in [-0.25, -0.2) is 24.9 Å². The van der Waals surface area contributed by atoms with E-state index in [2.05, 4.69) is 35.2 Å². The van der Waals surface area contributed by atoms with E-state index in [0.29, 0.717) is 35.2 Å². The molecule has 27 heavy (non-hydrogen) atoms. The number of nitrogens with zero attached hydrogens (tertiary/aromatic N) is 6. The Morgan fingerprint density at radius 1 is 0.889 bits per heavy atom. The van der Waals surface area contributed by atoms with Crippen molar-refractivity contribution in [1.29, 1.82) is 0 Å². The molecule has 0 amide bonds. The van der Waals surface area contributed by atoms with Crippen LogP contribution < -0.4 is 10.1 Å². The quantitative estimate of drug-likeness (QED) is 0.509. The first kappa shape index (κ1) is 17.0. The van der Waals surface area contributed by atoms with E-state index in [1.165, 1.54) is 6.33 Å². The van der Waals surface area contributed by atoms with Gasteiger partial charge in [0.05, 0.1) is 0 Å². The Morgan fingerprint density at radius 3 is 2.59 bits per heavy atom. The predicted molar refractivity (Wildman–Crippen MR) is 101 cm³/mol. The highest BCUT2D eigenvalue weighted by Gasteiger charge is 2.05. The highest BCUT2D eigenvalue weighted by atomic mass is 35.5. The van der Waals surface area contributed by atoms with Crippen molar-refractivity contribution in [3.63, 3.8) is 0 Å².